The van der Waals surface area contributed by atoms with Gasteiger partial charge in [-0.1, -0.05) is 6.07 Å². The third-order valence-electron chi connectivity index (χ3n) is 4.21. The van der Waals surface area contributed by atoms with Crippen LogP contribution in [0.1, 0.15) is 12.5 Å². The minimum absolute atomic E-state index is 0.147. The molecule has 1 fully saturated rings. The highest BCUT2D eigenvalue weighted by Gasteiger charge is 2.23. The van der Waals surface area contributed by atoms with Crippen molar-refractivity contribution in [2.75, 3.05) is 49.6 Å². The zero-order chi connectivity index (χ0) is 13.4. The summed E-state index contributed by atoms with van der Waals surface area (Å²) in [5, 5.41) is 0. The fourth-order valence-electron chi connectivity index (χ4n) is 2.96. The van der Waals surface area contributed by atoms with Crippen LogP contribution in [0.15, 0.2) is 18.2 Å². The van der Waals surface area contributed by atoms with Gasteiger partial charge in [-0.25, -0.2) is 0 Å². The maximum Gasteiger partial charge on any atom is 0.223 e. The van der Waals surface area contributed by atoms with Crippen molar-refractivity contribution in [3.05, 3.63) is 23.8 Å². The lowest BCUT2D eigenvalue weighted by Gasteiger charge is -2.34. The first-order chi connectivity index (χ1) is 9.15. The third kappa shape index (κ3) is 2.32. The summed E-state index contributed by atoms with van der Waals surface area (Å²) in [6.45, 7) is 6.82. The highest BCUT2D eigenvalue weighted by Crippen LogP contribution is 2.32. The first-order valence-corrected chi connectivity index (χ1v) is 6.99. The van der Waals surface area contributed by atoms with Crippen LogP contribution in [0.25, 0.3) is 0 Å². The maximum atomic E-state index is 11.6. The van der Waals surface area contributed by atoms with E-state index in [0.29, 0.717) is 0 Å². The number of anilines is 2. The normalized spacial score (nSPS) is 19.7. The number of rotatable bonds is 1. The van der Waals surface area contributed by atoms with Crippen molar-refractivity contribution in [2.24, 2.45) is 0 Å². The van der Waals surface area contributed by atoms with E-state index in [1.165, 1.54) is 11.3 Å². The highest BCUT2D eigenvalue weighted by atomic mass is 16.2. The van der Waals surface area contributed by atoms with E-state index in [2.05, 4.69) is 35.0 Å². The SMILES string of the molecule is CC(=O)N1CCc2ccc(N3CCN(C)CC3)cc21. The first-order valence-electron chi connectivity index (χ1n) is 6.99. The Balaban J connectivity index is 1.85. The zero-order valence-corrected chi connectivity index (χ0v) is 11.7. The summed E-state index contributed by atoms with van der Waals surface area (Å²) in [6, 6.07) is 6.58. The lowest BCUT2D eigenvalue weighted by atomic mass is 10.1. The molecule has 1 aromatic carbocycles. The molecule has 102 valence electrons. The van der Waals surface area contributed by atoms with Gasteiger partial charge in [0.15, 0.2) is 0 Å². The number of fused-ring (bicyclic) bond motifs is 1. The van der Waals surface area contributed by atoms with Gasteiger partial charge in [0.05, 0.1) is 0 Å². The van der Waals surface area contributed by atoms with Crippen LogP contribution in [0.5, 0.6) is 0 Å². The van der Waals surface area contributed by atoms with Crippen LogP contribution in [0.3, 0.4) is 0 Å². The van der Waals surface area contributed by atoms with E-state index in [1.54, 1.807) is 6.92 Å². The number of amides is 1. The van der Waals surface area contributed by atoms with Gasteiger partial charge in [0.1, 0.15) is 0 Å². The van der Waals surface area contributed by atoms with E-state index >= 15 is 0 Å². The molecule has 4 nitrogen and oxygen atoms in total. The van der Waals surface area contributed by atoms with E-state index < -0.39 is 0 Å². The molecule has 0 N–H and O–H groups in total. The van der Waals surface area contributed by atoms with Crippen molar-refractivity contribution in [2.45, 2.75) is 13.3 Å². The third-order valence-corrected chi connectivity index (χ3v) is 4.21. The predicted octanol–water partition coefficient (Wildman–Crippen LogP) is 1.35. The Morgan fingerprint density at radius 3 is 2.53 bits per heavy atom. The summed E-state index contributed by atoms with van der Waals surface area (Å²) in [5.74, 6) is 0.147. The quantitative estimate of drug-likeness (QED) is 0.761. The van der Waals surface area contributed by atoms with Gasteiger partial charge >= 0.3 is 0 Å². The Morgan fingerprint density at radius 1 is 1.11 bits per heavy atom. The van der Waals surface area contributed by atoms with Crippen LogP contribution in [-0.4, -0.2) is 50.6 Å². The number of nitrogens with zero attached hydrogens (tertiary/aromatic N) is 3. The van der Waals surface area contributed by atoms with Crippen molar-refractivity contribution in [1.29, 1.82) is 0 Å². The summed E-state index contributed by atoms with van der Waals surface area (Å²) >= 11 is 0. The minimum atomic E-state index is 0.147. The number of carbonyl (C=O) groups excluding carboxylic acids is 1. The van der Waals surface area contributed by atoms with Gasteiger partial charge in [-0.15, -0.1) is 0 Å². The molecule has 1 aromatic rings. The number of hydrogen-bond donors (Lipinski definition) is 0. The second kappa shape index (κ2) is 4.85. The molecule has 3 rings (SSSR count). The number of likely N-dealkylation sites (N-methyl/N-ethyl adjacent to an activating group) is 1. The molecule has 0 saturated carbocycles. The summed E-state index contributed by atoms with van der Waals surface area (Å²) < 4.78 is 0. The standard InChI is InChI=1S/C15H21N3O/c1-12(19)18-6-5-13-3-4-14(11-15(13)18)17-9-7-16(2)8-10-17/h3-4,11H,5-10H2,1-2H3. The average molecular weight is 259 g/mol. The van der Waals surface area contributed by atoms with E-state index in [9.17, 15) is 4.79 Å². The fraction of sp³-hybridized carbons (Fsp3) is 0.533. The van der Waals surface area contributed by atoms with Gasteiger partial charge < -0.3 is 14.7 Å². The zero-order valence-electron chi connectivity index (χ0n) is 11.7. The van der Waals surface area contributed by atoms with Gasteiger partial charge in [-0.3, -0.25) is 4.79 Å². The monoisotopic (exact) mass is 259 g/mol. The van der Waals surface area contributed by atoms with E-state index in [4.69, 9.17) is 0 Å². The average Bonchev–Trinajstić information content (AvgIpc) is 2.82. The molecule has 0 atom stereocenters. The van der Waals surface area contributed by atoms with Crippen LogP contribution >= 0.6 is 0 Å². The summed E-state index contributed by atoms with van der Waals surface area (Å²) in [6.07, 6.45) is 0.984. The Kier molecular flexibility index (Phi) is 3.19. The lowest BCUT2D eigenvalue weighted by Crippen LogP contribution is -2.44. The number of carbonyl (C=O) groups is 1. The van der Waals surface area contributed by atoms with Crippen LogP contribution in [0.4, 0.5) is 11.4 Å². The van der Waals surface area contributed by atoms with Crippen molar-refractivity contribution in [1.82, 2.24) is 4.90 Å². The van der Waals surface area contributed by atoms with Gasteiger partial charge in [0.25, 0.3) is 0 Å². The highest BCUT2D eigenvalue weighted by molar-refractivity contribution is 5.94. The Hall–Kier alpha value is -1.55. The van der Waals surface area contributed by atoms with Crippen LogP contribution in [-0.2, 0) is 11.2 Å². The van der Waals surface area contributed by atoms with Gasteiger partial charge in [-0.2, -0.15) is 0 Å². The largest absolute Gasteiger partial charge is 0.369 e. The van der Waals surface area contributed by atoms with Gasteiger partial charge in [0.2, 0.25) is 5.91 Å². The molecule has 2 aliphatic heterocycles. The molecular formula is C15H21N3O. The molecule has 0 unspecified atom stereocenters. The molecule has 0 radical (unpaired) electrons. The van der Waals surface area contributed by atoms with Gasteiger partial charge in [-0.05, 0) is 31.2 Å². The van der Waals surface area contributed by atoms with Crippen LogP contribution < -0.4 is 9.80 Å². The number of hydrogen-bond acceptors (Lipinski definition) is 3. The molecule has 2 heterocycles. The molecule has 0 bridgehead atoms. The van der Waals surface area contributed by atoms with Crippen LogP contribution in [0, 0.1) is 0 Å². The Labute approximate surface area is 114 Å². The van der Waals surface area contributed by atoms with E-state index in [1.807, 2.05) is 4.90 Å². The number of piperazine rings is 1. The molecule has 0 aliphatic carbocycles. The molecule has 19 heavy (non-hydrogen) atoms. The maximum absolute atomic E-state index is 11.6. The van der Waals surface area contributed by atoms with Crippen molar-refractivity contribution in [3.63, 3.8) is 0 Å². The Morgan fingerprint density at radius 2 is 1.84 bits per heavy atom. The molecule has 1 saturated heterocycles. The summed E-state index contributed by atoms with van der Waals surface area (Å²) in [7, 11) is 2.16. The van der Waals surface area contributed by atoms with Crippen molar-refractivity contribution in [3.8, 4) is 0 Å². The summed E-state index contributed by atoms with van der Waals surface area (Å²) in [5.41, 5.74) is 3.66. The van der Waals surface area contributed by atoms with Crippen LogP contribution in [0.2, 0.25) is 0 Å². The molecular weight excluding hydrogens is 238 g/mol. The lowest BCUT2D eigenvalue weighted by molar-refractivity contribution is -0.116. The molecule has 2 aliphatic rings. The van der Waals surface area contributed by atoms with Crippen molar-refractivity contribution < 1.29 is 4.79 Å². The van der Waals surface area contributed by atoms with E-state index in [0.717, 1.165) is 44.8 Å². The van der Waals surface area contributed by atoms with E-state index in [-0.39, 0.29) is 5.91 Å². The first kappa shape index (κ1) is 12.5. The molecule has 4 heteroatoms. The molecule has 0 aromatic heterocycles. The molecule has 0 spiro atoms. The van der Waals surface area contributed by atoms with Crippen molar-refractivity contribution >= 4 is 17.3 Å². The number of benzene rings is 1. The molecule has 1 amide bonds. The second-order valence-electron chi connectivity index (χ2n) is 5.52. The second-order valence-corrected chi connectivity index (χ2v) is 5.52. The Bertz CT molecular complexity index is 492. The minimum Gasteiger partial charge on any atom is -0.369 e. The predicted molar refractivity (Wildman–Crippen MR) is 77.9 cm³/mol. The van der Waals surface area contributed by atoms with Gasteiger partial charge in [0, 0.05) is 51.0 Å². The fourth-order valence-corrected chi connectivity index (χ4v) is 2.96. The smallest absolute Gasteiger partial charge is 0.223 e. The summed E-state index contributed by atoms with van der Waals surface area (Å²) in [4.78, 5) is 18.3. The topological polar surface area (TPSA) is 26.8 Å².